The van der Waals surface area contributed by atoms with E-state index < -0.39 is 0 Å². The lowest BCUT2D eigenvalue weighted by atomic mass is 10.2. The van der Waals surface area contributed by atoms with Crippen LogP contribution < -0.4 is 5.32 Å². The maximum Gasteiger partial charge on any atom is 0.224 e. The summed E-state index contributed by atoms with van der Waals surface area (Å²) in [5.74, 6) is 0.119. The number of hydrogen-bond acceptors (Lipinski definition) is 1. The molecule has 0 spiro atoms. The number of carbonyl (C=O) groups is 1. The van der Waals surface area contributed by atoms with E-state index in [-0.39, 0.29) is 5.91 Å². The Balaban J connectivity index is 2.46. The third kappa shape index (κ3) is 4.51. The molecule has 0 unspecified atom stereocenters. The number of anilines is 1. The molecule has 16 heavy (non-hydrogen) atoms. The minimum absolute atomic E-state index is 0.119. The first-order valence-electron chi connectivity index (χ1n) is 5.69. The molecule has 0 aromatic heterocycles. The monoisotopic (exact) mass is 331 g/mol. The van der Waals surface area contributed by atoms with E-state index >= 15 is 0 Å². The maximum absolute atomic E-state index is 11.6. The molecule has 0 heterocycles. The lowest BCUT2D eigenvalue weighted by Gasteiger charge is -2.06. The number of benzene rings is 1. The Hall–Kier alpha value is -0.580. The highest BCUT2D eigenvalue weighted by atomic mass is 127. The molecule has 0 aliphatic rings. The standard InChI is InChI=1S/C13H18INO/c1-3-4-5-6-13(16)15-11-8-7-10(2)12(14)9-11/h7-9H,3-6H2,1-2H3,(H,15,16). The molecule has 0 radical (unpaired) electrons. The molecule has 0 saturated carbocycles. The minimum atomic E-state index is 0.119. The summed E-state index contributed by atoms with van der Waals surface area (Å²) < 4.78 is 1.18. The molecule has 0 aliphatic carbocycles. The molecule has 0 atom stereocenters. The summed E-state index contributed by atoms with van der Waals surface area (Å²) in [4.78, 5) is 11.6. The summed E-state index contributed by atoms with van der Waals surface area (Å²) in [5.41, 5.74) is 2.14. The quantitative estimate of drug-likeness (QED) is 0.638. The van der Waals surface area contributed by atoms with Gasteiger partial charge in [0.05, 0.1) is 0 Å². The molecule has 0 fully saturated rings. The van der Waals surface area contributed by atoms with Gasteiger partial charge in [-0.15, -0.1) is 0 Å². The van der Waals surface area contributed by atoms with Gasteiger partial charge in [0.15, 0.2) is 0 Å². The Kier molecular flexibility index (Phi) is 5.80. The largest absolute Gasteiger partial charge is 0.326 e. The van der Waals surface area contributed by atoms with Crippen LogP contribution in [0.2, 0.25) is 0 Å². The van der Waals surface area contributed by atoms with Gasteiger partial charge in [0.1, 0.15) is 0 Å². The van der Waals surface area contributed by atoms with E-state index in [4.69, 9.17) is 0 Å². The first-order valence-corrected chi connectivity index (χ1v) is 6.77. The number of carbonyl (C=O) groups excluding carboxylic acids is 1. The highest BCUT2D eigenvalue weighted by Crippen LogP contribution is 2.17. The second-order valence-corrected chi connectivity index (χ2v) is 5.13. The van der Waals surface area contributed by atoms with Gasteiger partial charge in [0, 0.05) is 15.7 Å². The zero-order valence-corrected chi connectivity index (χ0v) is 12.0. The van der Waals surface area contributed by atoms with Gasteiger partial charge in [0.2, 0.25) is 5.91 Å². The Morgan fingerprint density at radius 2 is 2.12 bits per heavy atom. The van der Waals surface area contributed by atoms with Gasteiger partial charge in [-0.1, -0.05) is 25.8 Å². The predicted octanol–water partition coefficient (Wildman–Crippen LogP) is 4.12. The molecular weight excluding hydrogens is 313 g/mol. The van der Waals surface area contributed by atoms with Crippen molar-refractivity contribution in [2.75, 3.05) is 5.32 Å². The van der Waals surface area contributed by atoms with Crippen LogP contribution in [0.1, 0.15) is 38.2 Å². The SMILES string of the molecule is CCCCCC(=O)Nc1ccc(C)c(I)c1. The van der Waals surface area contributed by atoms with Gasteiger partial charge in [0.25, 0.3) is 0 Å². The van der Waals surface area contributed by atoms with Crippen LogP contribution in [0.15, 0.2) is 18.2 Å². The molecule has 1 N–H and O–H groups in total. The van der Waals surface area contributed by atoms with Crippen LogP contribution in [0.5, 0.6) is 0 Å². The van der Waals surface area contributed by atoms with Crippen LogP contribution >= 0.6 is 22.6 Å². The van der Waals surface area contributed by atoms with E-state index in [1.165, 1.54) is 9.13 Å². The van der Waals surface area contributed by atoms with Crippen LogP contribution in [0.3, 0.4) is 0 Å². The van der Waals surface area contributed by atoms with Crippen molar-refractivity contribution in [2.45, 2.75) is 39.5 Å². The Morgan fingerprint density at radius 3 is 2.75 bits per heavy atom. The van der Waals surface area contributed by atoms with Gasteiger partial charge in [-0.25, -0.2) is 0 Å². The lowest BCUT2D eigenvalue weighted by Crippen LogP contribution is -2.11. The van der Waals surface area contributed by atoms with E-state index in [9.17, 15) is 4.79 Å². The van der Waals surface area contributed by atoms with E-state index in [2.05, 4.69) is 41.8 Å². The second kappa shape index (κ2) is 6.89. The molecule has 0 bridgehead atoms. The Morgan fingerprint density at radius 1 is 1.38 bits per heavy atom. The first-order chi connectivity index (χ1) is 7.63. The smallest absolute Gasteiger partial charge is 0.224 e. The lowest BCUT2D eigenvalue weighted by molar-refractivity contribution is -0.116. The van der Waals surface area contributed by atoms with Gasteiger partial charge in [-0.05, 0) is 53.6 Å². The van der Waals surface area contributed by atoms with Gasteiger partial charge in [-0.2, -0.15) is 0 Å². The number of amides is 1. The zero-order chi connectivity index (χ0) is 12.0. The average molecular weight is 331 g/mol. The van der Waals surface area contributed by atoms with E-state index in [1.807, 2.05) is 18.2 Å². The zero-order valence-electron chi connectivity index (χ0n) is 9.85. The normalized spacial score (nSPS) is 10.2. The van der Waals surface area contributed by atoms with Gasteiger partial charge < -0.3 is 5.32 Å². The highest BCUT2D eigenvalue weighted by Gasteiger charge is 2.03. The second-order valence-electron chi connectivity index (χ2n) is 3.97. The molecule has 0 aliphatic heterocycles. The van der Waals surface area contributed by atoms with Crippen LogP contribution in [0, 0.1) is 10.5 Å². The molecule has 1 amide bonds. The molecule has 2 nitrogen and oxygen atoms in total. The third-order valence-electron chi connectivity index (χ3n) is 2.46. The number of nitrogens with one attached hydrogen (secondary N) is 1. The molecular formula is C13H18INO. The molecule has 1 rings (SSSR count). The summed E-state index contributed by atoms with van der Waals surface area (Å²) in [6, 6.07) is 5.99. The van der Waals surface area contributed by atoms with Crippen LogP contribution in [0.4, 0.5) is 5.69 Å². The van der Waals surface area contributed by atoms with Crippen molar-refractivity contribution in [2.24, 2.45) is 0 Å². The Bertz CT molecular complexity index is 363. The van der Waals surface area contributed by atoms with Crippen LogP contribution in [-0.2, 0) is 4.79 Å². The number of hydrogen-bond donors (Lipinski definition) is 1. The van der Waals surface area contributed by atoms with Crippen molar-refractivity contribution in [1.29, 1.82) is 0 Å². The summed E-state index contributed by atoms with van der Waals surface area (Å²) in [6.45, 7) is 4.20. The maximum atomic E-state index is 11.6. The van der Waals surface area contributed by atoms with Crippen LogP contribution in [0.25, 0.3) is 0 Å². The fraction of sp³-hybridized carbons (Fsp3) is 0.462. The first kappa shape index (κ1) is 13.5. The van der Waals surface area contributed by atoms with Crippen molar-refractivity contribution in [1.82, 2.24) is 0 Å². The number of aryl methyl sites for hydroxylation is 1. The Labute approximate surface area is 111 Å². The minimum Gasteiger partial charge on any atom is -0.326 e. The topological polar surface area (TPSA) is 29.1 Å². The summed E-state index contributed by atoms with van der Waals surface area (Å²) in [7, 11) is 0. The third-order valence-corrected chi connectivity index (χ3v) is 3.63. The summed E-state index contributed by atoms with van der Waals surface area (Å²) in [5, 5.41) is 2.93. The summed E-state index contributed by atoms with van der Waals surface area (Å²) >= 11 is 2.28. The van der Waals surface area contributed by atoms with Crippen LogP contribution in [-0.4, -0.2) is 5.91 Å². The molecule has 88 valence electrons. The summed E-state index contributed by atoms with van der Waals surface area (Å²) in [6.07, 6.45) is 3.87. The van der Waals surface area contributed by atoms with Gasteiger partial charge >= 0.3 is 0 Å². The number of halogens is 1. The van der Waals surface area contributed by atoms with Crippen molar-refractivity contribution in [3.8, 4) is 0 Å². The van der Waals surface area contributed by atoms with E-state index in [1.54, 1.807) is 0 Å². The highest BCUT2D eigenvalue weighted by molar-refractivity contribution is 14.1. The molecule has 1 aromatic rings. The van der Waals surface area contributed by atoms with Crippen molar-refractivity contribution in [3.05, 3.63) is 27.3 Å². The predicted molar refractivity (Wildman–Crippen MR) is 76.7 cm³/mol. The molecule has 0 saturated heterocycles. The number of unbranched alkanes of at least 4 members (excludes halogenated alkanes) is 2. The average Bonchev–Trinajstić information content (AvgIpc) is 2.24. The molecule has 3 heteroatoms. The van der Waals surface area contributed by atoms with E-state index in [0.717, 1.165) is 24.9 Å². The van der Waals surface area contributed by atoms with E-state index in [0.29, 0.717) is 6.42 Å². The fourth-order valence-electron chi connectivity index (χ4n) is 1.43. The van der Waals surface area contributed by atoms with Crippen molar-refractivity contribution >= 4 is 34.2 Å². The van der Waals surface area contributed by atoms with Gasteiger partial charge in [-0.3, -0.25) is 4.79 Å². The molecule has 1 aromatic carbocycles. The fourth-order valence-corrected chi connectivity index (χ4v) is 1.94. The number of rotatable bonds is 5. The van der Waals surface area contributed by atoms with Crippen molar-refractivity contribution < 1.29 is 4.79 Å². The van der Waals surface area contributed by atoms with Crippen molar-refractivity contribution in [3.63, 3.8) is 0 Å².